The van der Waals surface area contributed by atoms with Crippen LogP contribution >= 0.6 is 0 Å². The maximum atomic E-state index is 11.0. The van der Waals surface area contributed by atoms with Crippen molar-refractivity contribution >= 4 is 15.8 Å². The maximum absolute atomic E-state index is 11.0. The Balaban J connectivity index is 2.35. The zero-order valence-corrected chi connectivity index (χ0v) is 15.8. The van der Waals surface area contributed by atoms with Gasteiger partial charge in [-0.05, 0) is 38.0 Å². The summed E-state index contributed by atoms with van der Waals surface area (Å²) in [6.07, 6.45) is 4.88. The number of guanidine groups is 1. The van der Waals surface area contributed by atoms with Crippen LogP contribution in [0.2, 0.25) is 0 Å². The number of aliphatic imine (C=N–C) groups is 1. The van der Waals surface area contributed by atoms with Gasteiger partial charge in [-0.3, -0.25) is 4.99 Å². The number of nitrogens with one attached hydrogen (secondary N) is 2. The van der Waals surface area contributed by atoms with Crippen LogP contribution < -0.4 is 10.6 Å². The quantitative estimate of drug-likeness (QED) is 0.394. The van der Waals surface area contributed by atoms with E-state index in [2.05, 4.69) is 29.5 Å². The highest BCUT2D eigenvalue weighted by molar-refractivity contribution is 7.90. The molecule has 0 aliphatic heterocycles. The van der Waals surface area contributed by atoms with E-state index in [9.17, 15) is 8.42 Å². The number of sulfone groups is 1. The average molecular weight is 348 g/mol. The van der Waals surface area contributed by atoms with E-state index in [-0.39, 0.29) is 12.4 Å². The maximum Gasteiger partial charge on any atom is 0.191 e. The molecule has 0 heterocycles. The van der Waals surface area contributed by atoms with Crippen molar-refractivity contribution in [2.45, 2.75) is 46.1 Å². The lowest BCUT2D eigenvalue weighted by atomic mass is 9.80. The molecular weight excluding hydrogens is 314 g/mol. The van der Waals surface area contributed by atoms with Crippen molar-refractivity contribution < 1.29 is 13.2 Å². The van der Waals surface area contributed by atoms with E-state index in [0.717, 1.165) is 24.3 Å². The summed E-state index contributed by atoms with van der Waals surface area (Å²) in [5.74, 6) is 2.38. The Morgan fingerprint density at radius 2 is 1.83 bits per heavy atom. The lowest BCUT2D eigenvalue weighted by molar-refractivity contribution is 0.157. The minimum Gasteiger partial charge on any atom is -0.378 e. The largest absolute Gasteiger partial charge is 0.378 e. The fourth-order valence-electron chi connectivity index (χ4n) is 3.11. The van der Waals surface area contributed by atoms with Crippen LogP contribution in [0.25, 0.3) is 0 Å². The second-order valence-electron chi connectivity index (χ2n) is 6.76. The Morgan fingerprint density at radius 1 is 1.17 bits per heavy atom. The number of hydrogen-bond donors (Lipinski definition) is 2. The van der Waals surface area contributed by atoms with E-state index >= 15 is 0 Å². The molecule has 2 unspecified atom stereocenters. The van der Waals surface area contributed by atoms with Crippen molar-refractivity contribution in [3.8, 4) is 0 Å². The summed E-state index contributed by atoms with van der Waals surface area (Å²) in [4.78, 5) is 4.51. The van der Waals surface area contributed by atoms with Crippen molar-refractivity contribution in [1.82, 2.24) is 10.6 Å². The van der Waals surface area contributed by atoms with E-state index in [1.807, 2.05) is 6.92 Å². The van der Waals surface area contributed by atoms with Crippen LogP contribution in [0.3, 0.4) is 0 Å². The summed E-state index contributed by atoms with van der Waals surface area (Å²) >= 11 is 0. The molecule has 2 atom stereocenters. The molecule has 0 aromatic heterocycles. The summed E-state index contributed by atoms with van der Waals surface area (Å²) in [6.45, 7) is 8.68. The summed E-state index contributed by atoms with van der Waals surface area (Å²) in [5, 5.41) is 6.78. The van der Waals surface area contributed by atoms with Gasteiger partial charge in [0.25, 0.3) is 0 Å². The lowest BCUT2D eigenvalue weighted by Gasteiger charge is -2.32. The predicted octanol–water partition coefficient (Wildman–Crippen LogP) is 1.43. The molecule has 0 radical (unpaired) electrons. The van der Waals surface area contributed by atoms with E-state index < -0.39 is 9.84 Å². The van der Waals surface area contributed by atoms with Gasteiger partial charge in [-0.25, -0.2) is 8.42 Å². The Hall–Kier alpha value is -0.820. The van der Waals surface area contributed by atoms with Gasteiger partial charge in [-0.2, -0.15) is 0 Å². The van der Waals surface area contributed by atoms with Gasteiger partial charge in [-0.15, -0.1) is 0 Å². The van der Waals surface area contributed by atoms with Crippen LogP contribution in [0.15, 0.2) is 4.99 Å². The molecule has 1 saturated carbocycles. The number of hydrogen-bond acceptors (Lipinski definition) is 4. The van der Waals surface area contributed by atoms with Gasteiger partial charge in [0.15, 0.2) is 5.96 Å². The molecule has 6 nitrogen and oxygen atoms in total. The van der Waals surface area contributed by atoms with Crippen LogP contribution in [-0.2, 0) is 14.6 Å². The number of rotatable bonds is 8. The molecule has 1 rings (SSSR count). The standard InChI is InChI=1S/C16H33N3O3S/c1-5-17-16(18-6-7-22-8-9-23(4,20)21)19-15-11-13(2)10-14(3)12-15/h13-15H,5-12H2,1-4H3,(H2,17,18,19). The van der Waals surface area contributed by atoms with Gasteiger partial charge in [0.1, 0.15) is 9.84 Å². The third kappa shape index (κ3) is 9.81. The molecular formula is C16H33N3O3S. The predicted molar refractivity (Wildman–Crippen MR) is 95.6 cm³/mol. The SMILES string of the molecule is CCNC(=NCCOCCS(C)(=O)=O)NC1CC(C)CC(C)C1. The van der Waals surface area contributed by atoms with Crippen LogP contribution in [0.1, 0.15) is 40.0 Å². The summed E-state index contributed by atoms with van der Waals surface area (Å²) in [6, 6.07) is 0.470. The van der Waals surface area contributed by atoms with E-state index in [1.54, 1.807) is 0 Å². The lowest BCUT2D eigenvalue weighted by Crippen LogP contribution is -2.46. The highest BCUT2D eigenvalue weighted by Crippen LogP contribution is 2.28. The molecule has 7 heteroatoms. The second-order valence-corrected chi connectivity index (χ2v) is 9.02. The van der Waals surface area contributed by atoms with E-state index in [0.29, 0.717) is 19.2 Å². The van der Waals surface area contributed by atoms with Crippen molar-refractivity contribution in [1.29, 1.82) is 0 Å². The topological polar surface area (TPSA) is 79.8 Å². The fraction of sp³-hybridized carbons (Fsp3) is 0.938. The first kappa shape index (κ1) is 20.2. The summed E-state index contributed by atoms with van der Waals surface area (Å²) < 4.78 is 27.3. The van der Waals surface area contributed by atoms with Crippen LogP contribution in [-0.4, -0.2) is 58.7 Å². The normalized spacial score (nSPS) is 26.1. The first-order valence-electron chi connectivity index (χ1n) is 8.60. The highest BCUT2D eigenvalue weighted by atomic mass is 32.2. The molecule has 2 N–H and O–H groups in total. The minimum absolute atomic E-state index is 0.0624. The summed E-state index contributed by atoms with van der Waals surface area (Å²) in [5.41, 5.74) is 0. The van der Waals surface area contributed by atoms with Crippen LogP contribution in [0, 0.1) is 11.8 Å². The van der Waals surface area contributed by atoms with Crippen molar-refractivity contribution in [3.05, 3.63) is 0 Å². The van der Waals surface area contributed by atoms with Gasteiger partial charge in [-0.1, -0.05) is 13.8 Å². The fourth-order valence-corrected chi connectivity index (χ4v) is 3.53. The molecule has 0 aromatic rings. The number of ether oxygens (including phenoxy) is 1. The molecule has 0 amide bonds. The zero-order chi connectivity index (χ0) is 17.3. The van der Waals surface area contributed by atoms with Crippen molar-refractivity contribution in [3.63, 3.8) is 0 Å². The Bertz CT molecular complexity index is 455. The monoisotopic (exact) mass is 347 g/mol. The van der Waals surface area contributed by atoms with Crippen LogP contribution in [0.4, 0.5) is 0 Å². The van der Waals surface area contributed by atoms with Gasteiger partial charge in [0.2, 0.25) is 0 Å². The Morgan fingerprint density at radius 3 is 2.39 bits per heavy atom. The zero-order valence-electron chi connectivity index (χ0n) is 15.0. The summed E-state index contributed by atoms with van der Waals surface area (Å²) in [7, 11) is -2.95. The van der Waals surface area contributed by atoms with Gasteiger partial charge < -0.3 is 15.4 Å². The second kappa shape index (κ2) is 10.1. The average Bonchev–Trinajstić information content (AvgIpc) is 2.40. The molecule has 23 heavy (non-hydrogen) atoms. The highest BCUT2D eigenvalue weighted by Gasteiger charge is 2.24. The van der Waals surface area contributed by atoms with E-state index in [4.69, 9.17) is 4.74 Å². The van der Waals surface area contributed by atoms with E-state index in [1.165, 1.54) is 25.5 Å². The van der Waals surface area contributed by atoms with Gasteiger partial charge >= 0.3 is 0 Å². The molecule has 136 valence electrons. The Labute approximate surface area is 141 Å². The first-order valence-corrected chi connectivity index (χ1v) is 10.7. The van der Waals surface area contributed by atoms with Gasteiger partial charge in [0, 0.05) is 18.8 Å². The smallest absolute Gasteiger partial charge is 0.191 e. The molecule has 0 aromatic carbocycles. The van der Waals surface area contributed by atoms with Crippen molar-refractivity contribution in [2.24, 2.45) is 16.8 Å². The third-order valence-corrected chi connectivity index (χ3v) is 4.88. The Kier molecular flexibility index (Phi) is 8.91. The van der Waals surface area contributed by atoms with Gasteiger partial charge in [0.05, 0.1) is 25.5 Å². The molecule has 1 aliphatic carbocycles. The molecule has 0 bridgehead atoms. The minimum atomic E-state index is -2.95. The number of nitrogens with zero attached hydrogens (tertiary/aromatic N) is 1. The third-order valence-electron chi connectivity index (χ3n) is 3.97. The molecule has 0 saturated heterocycles. The van der Waals surface area contributed by atoms with Crippen molar-refractivity contribution in [2.75, 3.05) is 38.3 Å². The molecule has 1 aliphatic rings. The van der Waals surface area contributed by atoms with Crippen LogP contribution in [0.5, 0.6) is 0 Å². The molecule has 1 fully saturated rings. The molecule has 0 spiro atoms. The first-order chi connectivity index (χ1) is 10.8.